The van der Waals surface area contributed by atoms with Crippen LogP contribution in [-0.2, 0) is 14.3 Å². The molecule has 62 valence electrons. The molecule has 0 saturated heterocycles. The second-order valence-electron chi connectivity index (χ2n) is 1.77. The van der Waals surface area contributed by atoms with E-state index in [1.54, 1.807) is 0 Å². The molecule has 0 aliphatic rings. The van der Waals surface area contributed by atoms with Crippen molar-refractivity contribution in [2.45, 2.75) is 12.8 Å². The molecule has 2 N–H and O–H groups in total. The topological polar surface area (TPSA) is 87.5 Å². The van der Waals surface area contributed by atoms with Crippen LogP contribution in [0, 0.1) is 5.41 Å². The lowest BCUT2D eigenvalue weighted by Crippen LogP contribution is -2.09. The Balaban J connectivity index is 3.31. The van der Waals surface area contributed by atoms with Gasteiger partial charge < -0.3 is 15.3 Å². The molecule has 0 aliphatic heterocycles. The zero-order chi connectivity index (χ0) is 8.69. The van der Waals surface area contributed by atoms with Crippen LogP contribution in [0.15, 0.2) is 0 Å². The van der Waals surface area contributed by atoms with Crippen LogP contribution in [0.4, 0.5) is 0 Å². The highest BCUT2D eigenvalue weighted by Gasteiger charge is 2.01. The zero-order valence-electron chi connectivity index (χ0n) is 5.87. The average molecular weight is 159 g/mol. The lowest BCUT2D eigenvalue weighted by Gasteiger charge is -1.98. The zero-order valence-corrected chi connectivity index (χ0v) is 5.87. The van der Waals surface area contributed by atoms with Gasteiger partial charge in [-0.25, -0.2) is 0 Å². The number of carbonyl (C=O) groups excluding carboxylic acids is 1. The van der Waals surface area contributed by atoms with E-state index in [1.807, 2.05) is 0 Å². The quantitative estimate of drug-likeness (QED) is 0.438. The molecule has 0 radical (unpaired) electrons. The monoisotopic (exact) mass is 159 g/mol. The largest absolute Gasteiger partial charge is 0.481 e. The second-order valence-corrected chi connectivity index (χ2v) is 1.77. The first-order chi connectivity index (χ1) is 5.16. The van der Waals surface area contributed by atoms with Crippen LogP contribution >= 0.6 is 0 Å². The van der Waals surface area contributed by atoms with Gasteiger partial charge in [0, 0.05) is 6.21 Å². The molecule has 0 aromatic rings. The number of carboxylic acids is 1. The molecule has 11 heavy (non-hydrogen) atoms. The molecule has 0 unspecified atom stereocenters. The number of carboxylic acid groups (broad SMARTS) is 1. The van der Waals surface area contributed by atoms with Crippen LogP contribution in [0.1, 0.15) is 12.8 Å². The van der Waals surface area contributed by atoms with Gasteiger partial charge in [0.1, 0.15) is 6.61 Å². The molecule has 0 rings (SSSR count). The van der Waals surface area contributed by atoms with Crippen LogP contribution in [0.5, 0.6) is 0 Å². The molecule has 0 fully saturated rings. The number of rotatable bonds is 5. The molecular weight excluding hydrogens is 150 g/mol. The van der Waals surface area contributed by atoms with Crippen molar-refractivity contribution in [3.8, 4) is 0 Å². The molecule has 0 heterocycles. The number of hydrogen-bond acceptors (Lipinski definition) is 4. The maximum atomic E-state index is 10.5. The van der Waals surface area contributed by atoms with E-state index in [2.05, 4.69) is 4.74 Å². The number of ether oxygens (including phenoxy) is 1. The van der Waals surface area contributed by atoms with Crippen molar-refractivity contribution in [2.24, 2.45) is 0 Å². The first kappa shape index (κ1) is 9.61. The molecule has 0 bridgehead atoms. The predicted molar refractivity (Wildman–Crippen MR) is 36.6 cm³/mol. The number of nitrogens with one attached hydrogen (secondary N) is 1. The van der Waals surface area contributed by atoms with Crippen LogP contribution in [0.3, 0.4) is 0 Å². The van der Waals surface area contributed by atoms with E-state index < -0.39 is 11.9 Å². The average Bonchev–Trinajstić information content (AvgIpc) is 1.87. The van der Waals surface area contributed by atoms with Gasteiger partial charge >= 0.3 is 11.9 Å². The second kappa shape index (κ2) is 5.40. The van der Waals surface area contributed by atoms with E-state index in [9.17, 15) is 9.59 Å². The van der Waals surface area contributed by atoms with Crippen molar-refractivity contribution in [3.05, 3.63) is 0 Å². The minimum absolute atomic E-state index is 0.0976. The Hall–Kier alpha value is -1.39. The molecule has 0 aromatic heterocycles. The number of hydrogen-bond donors (Lipinski definition) is 2. The summed E-state index contributed by atoms with van der Waals surface area (Å²) in [7, 11) is 0. The smallest absolute Gasteiger partial charge is 0.311 e. The molecular formula is C6H9NO4. The maximum Gasteiger partial charge on any atom is 0.311 e. The Morgan fingerprint density at radius 1 is 1.55 bits per heavy atom. The van der Waals surface area contributed by atoms with Crippen LogP contribution in [-0.4, -0.2) is 29.9 Å². The summed E-state index contributed by atoms with van der Waals surface area (Å²) in [6.07, 6.45) is 0.618. The van der Waals surface area contributed by atoms with Gasteiger partial charge in [-0.05, 0) is 0 Å². The normalized spacial score (nSPS) is 8.73. The summed E-state index contributed by atoms with van der Waals surface area (Å²) in [5.74, 6) is -1.58. The molecule has 5 nitrogen and oxygen atoms in total. The summed E-state index contributed by atoms with van der Waals surface area (Å²) in [6, 6.07) is 0. The van der Waals surface area contributed by atoms with Crippen LogP contribution < -0.4 is 0 Å². The molecule has 5 heteroatoms. The Bertz CT molecular complexity index is 166. The number of esters is 1. The fourth-order valence-electron chi connectivity index (χ4n) is 0.394. The van der Waals surface area contributed by atoms with E-state index in [0.717, 1.165) is 6.21 Å². The molecule has 0 amide bonds. The molecule has 0 aliphatic carbocycles. The summed E-state index contributed by atoms with van der Waals surface area (Å²) in [5, 5.41) is 14.6. The Kier molecular flexibility index (Phi) is 4.72. The van der Waals surface area contributed by atoms with Gasteiger partial charge in [-0.3, -0.25) is 9.59 Å². The van der Waals surface area contributed by atoms with Crippen molar-refractivity contribution in [2.75, 3.05) is 6.61 Å². The minimum Gasteiger partial charge on any atom is -0.481 e. The standard InChI is InChI=1S/C6H9NO4/c7-3-1-6(10)11-4-2-5(8)9/h3,7H,1-2,4H2,(H,8,9). The lowest BCUT2D eigenvalue weighted by atomic mass is 10.4. The van der Waals surface area contributed by atoms with E-state index in [1.165, 1.54) is 0 Å². The SMILES string of the molecule is N=CCC(=O)OCCC(=O)O. The van der Waals surface area contributed by atoms with Gasteiger partial charge in [0.15, 0.2) is 0 Å². The molecule has 0 saturated carbocycles. The fraction of sp³-hybridized carbons (Fsp3) is 0.500. The number of carbonyl (C=O) groups is 2. The van der Waals surface area contributed by atoms with Gasteiger partial charge in [-0.1, -0.05) is 0 Å². The van der Waals surface area contributed by atoms with Gasteiger partial charge in [0.05, 0.1) is 12.8 Å². The summed E-state index contributed by atoms with van der Waals surface area (Å²) >= 11 is 0. The summed E-state index contributed by atoms with van der Waals surface area (Å²) < 4.78 is 4.42. The molecule has 0 spiro atoms. The minimum atomic E-state index is -1.01. The van der Waals surface area contributed by atoms with Crippen molar-refractivity contribution in [1.82, 2.24) is 0 Å². The third-order valence-electron chi connectivity index (χ3n) is 0.848. The van der Waals surface area contributed by atoms with E-state index in [0.29, 0.717) is 0 Å². The first-order valence-electron chi connectivity index (χ1n) is 3.03. The first-order valence-corrected chi connectivity index (χ1v) is 3.03. The third-order valence-corrected chi connectivity index (χ3v) is 0.848. The molecule has 0 atom stereocenters. The Labute approximate surface area is 63.5 Å². The van der Waals surface area contributed by atoms with Crippen LogP contribution in [0.2, 0.25) is 0 Å². The van der Waals surface area contributed by atoms with Gasteiger partial charge in [-0.2, -0.15) is 0 Å². The van der Waals surface area contributed by atoms with Gasteiger partial charge in [0.2, 0.25) is 0 Å². The highest BCUT2D eigenvalue weighted by molar-refractivity contribution is 5.84. The summed E-state index contributed by atoms with van der Waals surface area (Å²) in [5.41, 5.74) is 0. The fourth-order valence-corrected chi connectivity index (χ4v) is 0.394. The van der Waals surface area contributed by atoms with Crippen molar-refractivity contribution in [1.29, 1.82) is 5.41 Å². The van der Waals surface area contributed by atoms with Crippen molar-refractivity contribution < 1.29 is 19.4 Å². The molecule has 0 aromatic carbocycles. The van der Waals surface area contributed by atoms with Crippen LogP contribution in [0.25, 0.3) is 0 Å². The summed E-state index contributed by atoms with van der Waals surface area (Å²) in [4.78, 5) is 20.4. The summed E-state index contributed by atoms with van der Waals surface area (Å²) in [6.45, 7) is -0.123. The lowest BCUT2D eigenvalue weighted by molar-refractivity contribution is -0.145. The third kappa shape index (κ3) is 6.50. The number of aliphatic carboxylic acids is 1. The van der Waals surface area contributed by atoms with E-state index in [-0.39, 0.29) is 19.4 Å². The highest BCUT2D eigenvalue weighted by atomic mass is 16.5. The van der Waals surface area contributed by atoms with Crippen molar-refractivity contribution >= 4 is 18.2 Å². The van der Waals surface area contributed by atoms with Gasteiger partial charge in [0.25, 0.3) is 0 Å². The van der Waals surface area contributed by atoms with Gasteiger partial charge in [-0.15, -0.1) is 0 Å². The Morgan fingerprint density at radius 2 is 2.18 bits per heavy atom. The van der Waals surface area contributed by atoms with Crippen molar-refractivity contribution in [3.63, 3.8) is 0 Å². The van der Waals surface area contributed by atoms with E-state index in [4.69, 9.17) is 10.5 Å². The Morgan fingerprint density at radius 3 is 2.64 bits per heavy atom. The van der Waals surface area contributed by atoms with E-state index >= 15 is 0 Å². The maximum absolute atomic E-state index is 10.5. The predicted octanol–water partition coefficient (Wildman–Crippen LogP) is 0.0440. The highest BCUT2D eigenvalue weighted by Crippen LogP contribution is 1.86.